The first-order chi connectivity index (χ1) is 8.72. The second kappa shape index (κ2) is 6.07. The standard InChI is InChI=1S/C14H14Cl2N2/c1-2-8-17-14-12(16)9-11(15)13(18-14)10-6-4-3-5-7-10/h3-7,9H,2,8H2,1H3,(H,17,18). The molecule has 0 amide bonds. The van der Waals surface area contributed by atoms with Crippen molar-refractivity contribution >= 4 is 29.0 Å². The monoisotopic (exact) mass is 280 g/mol. The second-order valence-corrected chi connectivity index (χ2v) is 4.76. The van der Waals surface area contributed by atoms with Crippen LogP contribution in [0.3, 0.4) is 0 Å². The minimum absolute atomic E-state index is 0.549. The Morgan fingerprint density at radius 3 is 2.50 bits per heavy atom. The molecule has 18 heavy (non-hydrogen) atoms. The molecule has 0 saturated carbocycles. The molecule has 1 aromatic carbocycles. The van der Waals surface area contributed by atoms with Gasteiger partial charge in [0.25, 0.3) is 0 Å². The lowest BCUT2D eigenvalue weighted by Crippen LogP contribution is -2.03. The number of hydrogen-bond donors (Lipinski definition) is 1. The van der Waals surface area contributed by atoms with Gasteiger partial charge in [0.2, 0.25) is 0 Å². The van der Waals surface area contributed by atoms with E-state index in [2.05, 4.69) is 17.2 Å². The van der Waals surface area contributed by atoms with Crippen LogP contribution in [0, 0.1) is 0 Å². The highest BCUT2D eigenvalue weighted by molar-refractivity contribution is 6.37. The zero-order valence-corrected chi connectivity index (χ0v) is 11.6. The zero-order chi connectivity index (χ0) is 13.0. The summed E-state index contributed by atoms with van der Waals surface area (Å²) in [6.07, 6.45) is 1.02. The van der Waals surface area contributed by atoms with E-state index in [0.717, 1.165) is 24.2 Å². The molecule has 0 bridgehead atoms. The Morgan fingerprint density at radius 2 is 1.83 bits per heavy atom. The van der Waals surface area contributed by atoms with Crippen molar-refractivity contribution in [2.45, 2.75) is 13.3 Å². The van der Waals surface area contributed by atoms with Crippen LogP contribution in [0.15, 0.2) is 36.4 Å². The normalized spacial score (nSPS) is 10.4. The maximum atomic E-state index is 6.20. The first kappa shape index (κ1) is 13.2. The zero-order valence-electron chi connectivity index (χ0n) is 10.1. The van der Waals surface area contributed by atoms with E-state index >= 15 is 0 Å². The molecule has 94 valence electrons. The van der Waals surface area contributed by atoms with Gasteiger partial charge in [-0.15, -0.1) is 0 Å². The topological polar surface area (TPSA) is 24.9 Å². The molecule has 0 aliphatic rings. The summed E-state index contributed by atoms with van der Waals surface area (Å²) in [6.45, 7) is 2.93. The van der Waals surface area contributed by atoms with Crippen LogP contribution in [0.5, 0.6) is 0 Å². The maximum Gasteiger partial charge on any atom is 0.145 e. The number of nitrogens with one attached hydrogen (secondary N) is 1. The fourth-order valence-corrected chi connectivity index (χ4v) is 2.17. The molecule has 1 aromatic heterocycles. The van der Waals surface area contributed by atoms with E-state index in [1.54, 1.807) is 6.07 Å². The predicted octanol–water partition coefficient (Wildman–Crippen LogP) is 4.88. The molecule has 2 aromatic rings. The van der Waals surface area contributed by atoms with E-state index in [-0.39, 0.29) is 0 Å². The van der Waals surface area contributed by atoms with E-state index in [4.69, 9.17) is 23.2 Å². The summed E-state index contributed by atoms with van der Waals surface area (Å²) in [5, 5.41) is 4.31. The van der Waals surface area contributed by atoms with Crippen molar-refractivity contribution in [1.82, 2.24) is 4.98 Å². The van der Waals surface area contributed by atoms with Gasteiger partial charge >= 0.3 is 0 Å². The molecule has 0 saturated heterocycles. The van der Waals surface area contributed by atoms with Crippen LogP contribution in [0.2, 0.25) is 10.0 Å². The summed E-state index contributed by atoms with van der Waals surface area (Å²) in [5.41, 5.74) is 1.74. The molecule has 4 heteroatoms. The van der Waals surface area contributed by atoms with Gasteiger partial charge in [0.1, 0.15) is 5.82 Å². The van der Waals surface area contributed by atoms with Gasteiger partial charge in [-0.05, 0) is 12.5 Å². The Morgan fingerprint density at radius 1 is 1.11 bits per heavy atom. The second-order valence-electron chi connectivity index (χ2n) is 3.94. The largest absolute Gasteiger partial charge is 0.369 e. The molecule has 2 rings (SSSR count). The average molecular weight is 281 g/mol. The van der Waals surface area contributed by atoms with Crippen LogP contribution in [-0.2, 0) is 0 Å². The molecular weight excluding hydrogens is 267 g/mol. The summed E-state index contributed by atoms with van der Waals surface area (Å²) >= 11 is 12.3. The third-order valence-corrected chi connectivity index (χ3v) is 3.10. The van der Waals surface area contributed by atoms with Crippen LogP contribution in [-0.4, -0.2) is 11.5 Å². The summed E-state index contributed by atoms with van der Waals surface area (Å²) in [7, 11) is 0. The van der Waals surface area contributed by atoms with Gasteiger partial charge in [-0.25, -0.2) is 4.98 Å². The Balaban J connectivity index is 2.42. The fraction of sp³-hybridized carbons (Fsp3) is 0.214. The highest BCUT2D eigenvalue weighted by atomic mass is 35.5. The lowest BCUT2D eigenvalue weighted by Gasteiger charge is -2.10. The minimum Gasteiger partial charge on any atom is -0.369 e. The van der Waals surface area contributed by atoms with Gasteiger partial charge in [-0.3, -0.25) is 0 Å². The number of rotatable bonds is 4. The highest BCUT2D eigenvalue weighted by Gasteiger charge is 2.10. The molecule has 0 spiro atoms. The Bertz CT molecular complexity index is 527. The number of hydrogen-bond acceptors (Lipinski definition) is 2. The summed E-state index contributed by atoms with van der Waals surface area (Å²) in [4.78, 5) is 4.50. The Labute approximate surface area is 117 Å². The minimum atomic E-state index is 0.549. The third kappa shape index (κ3) is 2.95. The van der Waals surface area contributed by atoms with Crippen LogP contribution in [0.1, 0.15) is 13.3 Å². The summed E-state index contributed by atoms with van der Waals surface area (Å²) < 4.78 is 0. The van der Waals surface area contributed by atoms with Gasteiger partial charge in [0.05, 0.1) is 15.7 Å². The fourth-order valence-electron chi connectivity index (χ4n) is 1.63. The molecular formula is C14H14Cl2N2. The van der Waals surface area contributed by atoms with E-state index in [1.807, 2.05) is 30.3 Å². The van der Waals surface area contributed by atoms with Gasteiger partial charge < -0.3 is 5.32 Å². The van der Waals surface area contributed by atoms with Crippen molar-refractivity contribution in [2.75, 3.05) is 11.9 Å². The molecule has 0 unspecified atom stereocenters. The van der Waals surface area contributed by atoms with Gasteiger partial charge in [0.15, 0.2) is 0 Å². The highest BCUT2D eigenvalue weighted by Crippen LogP contribution is 2.32. The van der Waals surface area contributed by atoms with Crippen LogP contribution in [0.4, 0.5) is 5.82 Å². The summed E-state index contributed by atoms with van der Waals surface area (Å²) in [6, 6.07) is 11.6. The van der Waals surface area contributed by atoms with Crippen molar-refractivity contribution < 1.29 is 0 Å². The first-order valence-electron chi connectivity index (χ1n) is 5.87. The molecule has 0 aliphatic carbocycles. The van der Waals surface area contributed by atoms with Crippen LogP contribution < -0.4 is 5.32 Å². The molecule has 0 atom stereocenters. The Hall–Kier alpha value is -1.25. The molecule has 1 heterocycles. The van der Waals surface area contributed by atoms with E-state index < -0.39 is 0 Å². The van der Waals surface area contributed by atoms with E-state index in [9.17, 15) is 0 Å². The molecule has 0 radical (unpaired) electrons. The van der Waals surface area contributed by atoms with Crippen molar-refractivity contribution in [3.63, 3.8) is 0 Å². The Kier molecular flexibility index (Phi) is 4.45. The summed E-state index contributed by atoms with van der Waals surface area (Å²) in [5.74, 6) is 0.682. The third-order valence-electron chi connectivity index (χ3n) is 2.52. The number of anilines is 1. The van der Waals surface area contributed by atoms with Gasteiger partial charge in [-0.1, -0.05) is 60.5 Å². The lowest BCUT2D eigenvalue weighted by molar-refractivity contribution is 0.970. The predicted molar refractivity (Wildman–Crippen MR) is 78.5 cm³/mol. The van der Waals surface area contributed by atoms with Crippen molar-refractivity contribution in [2.24, 2.45) is 0 Å². The van der Waals surface area contributed by atoms with Crippen molar-refractivity contribution in [3.8, 4) is 11.3 Å². The molecule has 0 aliphatic heterocycles. The SMILES string of the molecule is CCCNc1nc(-c2ccccc2)c(Cl)cc1Cl. The van der Waals surface area contributed by atoms with Crippen LogP contribution in [0.25, 0.3) is 11.3 Å². The number of halogens is 2. The van der Waals surface area contributed by atoms with E-state index in [1.165, 1.54) is 0 Å². The average Bonchev–Trinajstić information content (AvgIpc) is 2.39. The van der Waals surface area contributed by atoms with Gasteiger partial charge in [0, 0.05) is 12.1 Å². The number of benzene rings is 1. The number of nitrogens with zero attached hydrogens (tertiary/aromatic N) is 1. The molecule has 1 N–H and O–H groups in total. The number of pyridine rings is 1. The van der Waals surface area contributed by atoms with Crippen LogP contribution >= 0.6 is 23.2 Å². The molecule has 0 fully saturated rings. The van der Waals surface area contributed by atoms with Crippen molar-refractivity contribution in [1.29, 1.82) is 0 Å². The maximum absolute atomic E-state index is 6.20. The van der Waals surface area contributed by atoms with E-state index in [0.29, 0.717) is 15.9 Å². The van der Waals surface area contributed by atoms with Gasteiger partial charge in [-0.2, -0.15) is 0 Å². The lowest BCUT2D eigenvalue weighted by atomic mass is 10.1. The first-order valence-corrected chi connectivity index (χ1v) is 6.63. The number of aromatic nitrogens is 1. The quantitative estimate of drug-likeness (QED) is 0.864. The van der Waals surface area contributed by atoms with Crippen molar-refractivity contribution in [3.05, 3.63) is 46.4 Å². The smallest absolute Gasteiger partial charge is 0.145 e. The molecule has 2 nitrogen and oxygen atoms in total.